The molecule has 1 aliphatic rings. The molecule has 0 bridgehead atoms. The van der Waals surface area contributed by atoms with E-state index in [2.05, 4.69) is 27.1 Å². The van der Waals surface area contributed by atoms with Crippen molar-refractivity contribution in [3.63, 3.8) is 0 Å². The van der Waals surface area contributed by atoms with Crippen molar-refractivity contribution in [2.24, 2.45) is 0 Å². The first kappa shape index (κ1) is 17.7. The SMILES string of the molecule is CCOC(=O)c1c(C)oc2ncnc(NCCN3CCCCC3C)c12. The molecule has 1 fully saturated rings. The van der Waals surface area contributed by atoms with E-state index in [0.717, 1.165) is 19.6 Å². The zero-order valence-electron chi connectivity index (χ0n) is 15.2. The summed E-state index contributed by atoms with van der Waals surface area (Å²) in [5.74, 6) is 0.720. The quantitative estimate of drug-likeness (QED) is 0.805. The van der Waals surface area contributed by atoms with Crippen LogP contribution in [0.1, 0.15) is 49.2 Å². The molecule has 136 valence electrons. The smallest absolute Gasteiger partial charge is 0.342 e. The fraction of sp³-hybridized carbons (Fsp3) is 0.611. The van der Waals surface area contributed by atoms with Crippen LogP contribution >= 0.6 is 0 Å². The van der Waals surface area contributed by atoms with E-state index in [-0.39, 0.29) is 0 Å². The number of aromatic nitrogens is 2. The van der Waals surface area contributed by atoms with Crippen molar-refractivity contribution in [1.29, 1.82) is 0 Å². The molecule has 1 atom stereocenters. The van der Waals surface area contributed by atoms with E-state index in [1.165, 1.54) is 25.6 Å². The Balaban J connectivity index is 1.78. The zero-order valence-corrected chi connectivity index (χ0v) is 15.2. The Kier molecular flexibility index (Phi) is 5.53. The number of nitrogens with zero attached hydrogens (tertiary/aromatic N) is 3. The third-order valence-electron chi connectivity index (χ3n) is 4.78. The fourth-order valence-electron chi connectivity index (χ4n) is 3.44. The van der Waals surface area contributed by atoms with E-state index < -0.39 is 5.97 Å². The highest BCUT2D eigenvalue weighted by Crippen LogP contribution is 2.29. The van der Waals surface area contributed by atoms with Crippen LogP contribution in [0.3, 0.4) is 0 Å². The molecule has 2 aromatic heterocycles. The van der Waals surface area contributed by atoms with Crippen LogP contribution in [0.25, 0.3) is 11.1 Å². The first-order valence-electron chi connectivity index (χ1n) is 9.01. The molecule has 0 aromatic carbocycles. The molecule has 1 unspecified atom stereocenters. The number of carbonyl (C=O) groups is 1. The Morgan fingerprint density at radius 3 is 3.04 bits per heavy atom. The van der Waals surface area contributed by atoms with Crippen LogP contribution in [-0.2, 0) is 4.74 Å². The minimum absolute atomic E-state index is 0.314. The molecule has 25 heavy (non-hydrogen) atoms. The Hall–Kier alpha value is -2.15. The number of carbonyl (C=O) groups excluding carboxylic acids is 1. The van der Waals surface area contributed by atoms with E-state index in [0.29, 0.717) is 40.9 Å². The number of esters is 1. The third-order valence-corrected chi connectivity index (χ3v) is 4.78. The van der Waals surface area contributed by atoms with E-state index in [1.54, 1.807) is 13.8 Å². The molecule has 3 rings (SSSR count). The van der Waals surface area contributed by atoms with Gasteiger partial charge in [-0.15, -0.1) is 0 Å². The predicted molar refractivity (Wildman–Crippen MR) is 95.9 cm³/mol. The monoisotopic (exact) mass is 346 g/mol. The number of fused-ring (bicyclic) bond motifs is 1. The highest BCUT2D eigenvalue weighted by molar-refractivity contribution is 6.07. The van der Waals surface area contributed by atoms with E-state index in [1.807, 2.05) is 0 Å². The van der Waals surface area contributed by atoms with E-state index in [9.17, 15) is 4.79 Å². The Labute approximate surface area is 147 Å². The number of hydrogen-bond acceptors (Lipinski definition) is 7. The van der Waals surface area contributed by atoms with Gasteiger partial charge in [-0.25, -0.2) is 14.8 Å². The highest BCUT2D eigenvalue weighted by atomic mass is 16.5. The van der Waals surface area contributed by atoms with Crippen LogP contribution in [0.5, 0.6) is 0 Å². The summed E-state index contributed by atoms with van der Waals surface area (Å²) in [6, 6.07) is 0.618. The van der Waals surface area contributed by atoms with E-state index >= 15 is 0 Å². The number of ether oxygens (including phenoxy) is 1. The molecular weight excluding hydrogens is 320 g/mol. The predicted octanol–water partition coefficient (Wildman–Crippen LogP) is 2.99. The maximum absolute atomic E-state index is 12.3. The average molecular weight is 346 g/mol. The minimum Gasteiger partial charge on any atom is -0.462 e. The van der Waals surface area contributed by atoms with Crippen molar-refractivity contribution in [1.82, 2.24) is 14.9 Å². The summed E-state index contributed by atoms with van der Waals surface area (Å²) in [6.07, 6.45) is 5.28. The lowest BCUT2D eigenvalue weighted by molar-refractivity contribution is 0.0526. The minimum atomic E-state index is -0.402. The topological polar surface area (TPSA) is 80.5 Å². The number of furan rings is 1. The van der Waals surface area contributed by atoms with Gasteiger partial charge in [0.2, 0.25) is 5.71 Å². The van der Waals surface area contributed by atoms with Gasteiger partial charge in [0.15, 0.2) is 0 Å². The van der Waals surface area contributed by atoms with Gasteiger partial charge in [-0.3, -0.25) is 4.90 Å². The second-order valence-corrected chi connectivity index (χ2v) is 6.46. The largest absolute Gasteiger partial charge is 0.462 e. The molecule has 7 nitrogen and oxygen atoms in total. The third kappa shape index (κ3) is 3.76. The lowest BCUT2D eigenvalue weighted by atomic mass is 10.0. The van der Waals surface area contributed by atoms with Gasteiger partial charge in [0.05, 0.1) is 12.0 Å². The fourth-order valence-corrected chi connectivity index (χ4v) is 3.44. The van der Waals surface area contributed by atoms with Gasteiger partial charge in [0.25, 0.3) is 0 Å². The van der Waals surface area contributed by atoms with Crippen molar-refractivity contribution in [2.75, 3.05) is 31.6 Å². The lowest BCUT2D eigenvalue weighted by Crippen LogP contribution is -2.40. The molecule has 0 amide bonds. The second kappa shape index (κ2) is 7.82. The maximum atomic E-state index is 12.3. The van der Waals surface area contributed by atoms with Gasteiger partial charge in [0.1, 0.15) is 23.5 Å². The first-order valence-corrected chi connectivity index (χ1v) is 9.01. The first-order chi connectivity index (χ1) is 12.1. The van der Waals surface area contributed by atoms with Gasteiger partial charge in [0, 0.05) is 19.1 Å². The summed E-state index contributed by atoms with van der Waals surface area (Å²) in [4.78, 5) is 23.2. The average Bonchev–Trinajstić information content (AvgIpc) is 2.93. The summed E-state index contributed by atoms with van der Waals surface area (Å²) in [5, 5.41) is 3.95. The van der Waals surface area contributed by atoms with Gasteiger partial charge in [-0.1, -0.05) is 6.42 Å². The summed E-state index contributed by atoms with van der Waals surface area (Å²) in [7, 11) is 0. The van der Waals surface area contributed by atoms with Crippen LogP contribution in [0.4, 0.5) is 5.82 Å². The number of rotatable bonds is 6. The summed E-state index contributed by atoms with van der Waals surface area (Å²) in [5.41, 5.74) is 0.815. The molecule has 1 saturated heterocycles. The zero-order chi connectivity index (χ0) is 17.8. The second-order valence-electron chi connectivity index (χ2n) is 6.46. The van der Waals surface area contributed by atoms with Gasteiger partial charge in [-0.2, -0.15) is 0 Å². The summed E-state index contributed by atoms with van der Waals surface area (Å²) in [6.45, 7) is 8.95. The number of nitrogens with one attached hydrogen (secondary N) is 1. The normalized spacial score (nSPS) is 18.4. The van der Waals surface area contributed by atoms with Crippen molar-refractivity contribution in [3.05, 3.63) is 17.7 Å². The van der Waals surface area contributed by atoms with Gasteiger partial charge >= 0.3 is 5.97 Å². The molecule has 0 radical (unpaired) electrons. The molecule has 0 spiro atoms. The Bertz CT molecular complexity index is 743. The molecular formula is C18H26N4O3. The Morgan fingerprint density at radius 1 is 1.44 bits per heavy atom. The highest BCUT2D eigenvalue weighted by Gasteiger charge is 2.24. The van der Waals surface area contributed by atoms with Crippen molar-refractivity contribution < 1.29 is 13.9 Å². The molecule has 7 heteroatoms. The van der Waals surface area contributed by atoms with Gasteiger partial charge < -0.3 is 14.5 Å². The Morgan fingerprint density at radius 2 is 2.28 bits per heavy atom. The molecule has 1 aliphatic heterocycles. The standard InChI is InChI=1S/C18H26N4O3/c1-4-24-18(23)14-13(3)25-17-15(14)16(20-11-21-17)19-8-10-22-9-6-5-7-12(22)2/h11-12H,4-10H2,1-3H3,(H,19,20,21). The van der Waals surface area contributed by atoms with Gasteiger partial charge in [-0.05, 0) is 40.2 Å². The van der Waals surface area contributed by atoms with Crippen LogP contribution in [0.2, 0.25) is 0 Å². The van der Waals surface area contributed by atoms with Crippen molar-refractivity contribution in [3.8, 4) is 0 Å². The summed E-state index contributed by atoms with van der Waals surface area (Å²) >= 11 is 0. The number of likely N-dealkylation sites (tertiary alicyclic amines) is 1. The number of aryl methyl sites for hydroxylation is 1. The van der Waals surface area contributed by atoms with Crippen molar-refractivity contribution in [2.45, 2.75) is 46.1 Å². The molecule has 3 heterocycles. The van der Waals surface area contributed by atoms with Crippen LogP contribution in [-0.4, -0.2) is 53.1 Å². The van der Waals surface area contributed by atoms with E-state index in [4.69, 9.17) is 9.15 Å². The van der Waals surface area contributed by atoms with Crippen molar-refractivity contribution >= 4 is 22.9 Å². The molecule has 2 aromatic rings. The number of anilines is 1. The lowest BCUT2D eigenvalue weighted by Gasteiger charge is -2.33. The van der Waals surface area contributed by atoms with Crippen LogP contribution < -0.4 is 5.32 Å². The molecule has 1 N–H and O–H groups in total. The maximum Gasteiger partial charge on any atom is 0.342 e. The van der Waals surface area contributed by atoms with Crippen LogP contribution in [0, 0.1) is 6.92 Å². The summed E-state index contributed by atoms with van der Waals surface area (Å²) < 4.78 is 10.8. The molecule has 0 aliphatic carbocycles. The molecule has 0 saturated carbocycles. The number of piperidine rings is 1. The number of hydrogen-bond donors (Lipinski definition) is 1. The van der Waals surface area contributed by atoms with Crippen LogP contribution in [0.15, 0.2) is 10.7 Å².